The van der Waals surface area contributed by atoms with E-state index in [0.717, 1.165) is 27.8 Å². The molecule has 4 aromatic rings. The maximum absolute atomic E-state index is 9.17. The van der Waals surface area contributed by atoms with Gasteiger partial charge in [-0.25, -0.2) is 0 Å². The lowest BCUT2D eigenvalue weighted by Gasteiger charge is -2.25. The second kappa shape index (κ2) is 5.22. The number of nitriles is 1. The molecule has 0 saturated carbocycles. The number of rotatable bonds is 0. The average Bonchev–Trinajstić information content (AvgIpc) is 2.67. The third kappa shape index (κ3) is 1.96. The summed E-state index contributed by atoms with van der Waals surface area (Å²) in [5, 5.41) is 13.9. The molecule has 2 heteroatoms. The van der Waals surface area contributed by atoms with E-state index in [9.17, 15) is 5.26 Å². The molecule has 0 aromatic heterocycles. The summed E-state index contributed by atoms with van der Waals surface area (Å²) in [7, 11) is 0. The Hall–Kier alpha value is -3.57. The highest BCUT2D eigenvalue weighted by atomic mass is 16.5. The molecule has 116 valence electrons. The van der Waals surface area contributed by atoms with Gasteiger partial charge >= 0.3 is 0 Å². The van der Waals surface area contributed by atoms with Crippen LogP contribution in [0.4, 0.5) is 0 Å². The van der Waals surface area contributed by atoms with Gasteiger partial charge in [0.15, 0.2) is 0 Å². The van der Waals surface area contributed by atoms with E-state index in [1.54, 1.807) is 0 Å². The van der Waals surface area contributed by atoms with Crippen molar-refractivity contribution in [3.8, 4) is 22.9 Å². The van der Waals surface area contributed by atoms with Crippen molar-refractivity contribution in [3.05, 3.63) is 84.4 Å². The number of benzene rings is 4. The molecular formula is C23H13NO. The van der Waals surface area contributed by atoms with E-state index in [0.29, 0.717) is 5.76 Å². The van der Waals surface area contributed by atoms with Crippen molar-refractivity contribution in [2.24, 2.45) is 0 Å². The van der Waals surface area contributed by atoms with Crippen LogP contribution in [0.2, 0.25) is 0 Å². The first-order valence-corrected chi connectivity index (χ1v) is 8.19. The van der Waals surface area contributed by atoms with Crippen molar-refractivity contribution in [3.63, 3.8) is 0 Å². The van der Waals surface area contributed by atoms with Crippen molar-refractivity contribution in [2.45, 2.75) is 0 Å². The maximum atomic E-state index is 9.17. The predicted molar refractivity (Wildman–Crippen MR) is 101 cm³/mol. The second-order valence-electron chi connectivity index (χ2n) is 6.11. The minimum atomic E-state index is 0.603. The van der Waals surface area contributed by atoms with Crippen LogP contribution in [0.3, 0.4) is 0 Å². The minimum Gasteiger partial charge on any atom is -0.455 e. The molecule has 0 N–H and O–H groups in total. The van der Waals surface area contributed by atoms with Crippen molar-refractivity contribution >= 4 is 27.3 Å². The van der Waals surface area contributed by atoms with Crippen LogP contribution in [0.25, 0.3) is 38.4 Å². The molecule has 5 rings (SSSR count). The summed E-state index contributed by atoms with van der Waals surface area (Å²) in [5.41, 5.74) is 3.20. The van der Waals surface area contributed by atoms with Gasteiger partial charge in [0.1, 0.15) is 11.5 Å². The van der Waals surface area contributed by atoms with Gasteiger partial charge in [-0.1, -0.05) is 60.7 Å². The summed E-state index contributed by atoms with van der Waals surface area (Å²) in [6.07, 6.45) is 1.48. The van der Waals surface area contributed by atoms with Crippen LogP contribution in [0.15, 0.2) is 78.9 Å². The van der Waals surface area contributed by atoms with Gasteiger partial charge < -0.3 is 4.74 Å². The lowest BCUT2D eigenvalue weighted by molar-refractivity contribution is 0.513. The Balaban J connectivity index is 2.01. The van der Waals surface area contributed by atoms with Crippen molar-refractivity contribution < 1.29 is 4.74 Å². The van der Waals surface area contributed by atoms with Crippen LogP contribution < -0.4 is 4.74 Å². The first-order chi connectivity index (χ1) is 12.4. The minimum absolute atomic E-state index is 0.603. The Bertz CT molecular complexity index is 1230. The highest BCUT2D eigenvalue weighted by Gasteiger charge is 2.25. The quantitative estimate of drug-likeness (QED) is 0.377. The largest absolute Gasteiger partial charge is 0.455 e. The number of ether oxygens (including phenoxy) is 1. The average molecular weight is 319 g/mol. The molecule has 0 radical (unpaired) electrons. The molecule has 0 saturated heterocycles. The molecule has 4 aromatic carbocycles. The van der Waals surface area contributed by atoms with Crippen LogP contribution >= 0.6 is 0 Å². The number of hydrogen-bond donors (Lipinski definition) is 0. The van der Waals surface area contributed by atoms with Crippen LogP contribution in [0.1, 0.15) is 5.56 Å². The summed E-state index contributed by atoms with van der Waals surface area (Å²) < 4.78 is 6.09. The van der Waals surface area contributed by atoms with Crippen LogP contribution in [0, 0.1) is 11.3 Å². The van der Waals surface area contributed by atoms with Crippen molar-refractivity contribution in [2.75, 3.05) is 0 Å². The first kappa shape index (κ1) is 13.8. The Kier molecular flexibility index (Phi) is 2.89. The second-order valence-corrected chi connectivity index (χ2v) is 6.11. The highest BCUT2D eigenvalue weighted by Crippen LogP contribution is 2.48. The molecule has 0 bridgehead atoms. The molecule has 0 amide bonds. The molecule has 0 spiro atoms. The number of hydrogen-bond acceptors (Lipinski definition) is 2. The monoisotopic (exact) mass is 319 g/mol. The van der Waals surface area contributed by atoms with Gasteiger partial charge in [-0.15, -0.1) is 0 Å². The van der Waals surface area contributed by atoms with Gasteiger partial charge in [0.05, 0.1) is 12.1 Å². The van der Waals surface area contributed by atoms with E-state index in [2.05, 4.69) is 48.5 Å². The predicted octanol–water partition coefficient (Wildman–Crippen LogP) is 5.92. The molecule has 1 aliphatic heterocycles. The van der Waals surface area contributed by atoms with Crippen LogP contribution in [-0.2, 0) is 0 Å². The lowest BCUT2D eigenvalue weighted by atomic mass is 9.87. The van der Waals surface area contributed by atoms with E-state index < -0.39 is 0 Å². The normalized spacial score (nSPS) is 14.0. The van der Waals surface area contributed by atoms with Gasteiger partial charge in [-0.3, -0.25) is 0 Å². The molecule has 2 nitrogen and oxygen atoms in total. The molecule has 0 unspecified atom stereocenters. The van der Waals surface area contributed by atoms with Gasteiger partial charge in [0.2, 0.25) is 0 Å². The Labute approximate surface area is 145 Å². The molecule has 0 aliphatic carbocycles. The third-order valence-electron chi connectivity index (χ3n) is 4.75. The third-order valence-corrected chi connectivity index (χ3v) is 4.75. The Morgan fingerprint density at radius 3 is 2.08 bits per heavy atom. The molecule has 0 atom stereocenters. The van der Waals surface area contributed by atoms with Gasteiger partial charge in [0.25, 0.3) is 0 Å². The fourth-order valence-corrected chi connectivity index (χ4v) is 3.68. The number of allylic oxidation sites excluding steroid dienone is 1. The topological polar surface area (TPSA) is 33.0 Å². The molecular weight excluding hydrogens is 306 g/mol. The lowest BCUT2D eigenvalue weighted by Crippen LogP contribution is -2.06. The van der Waals surface area contributed by atoms with Crippen molar-refractivity contribution in [1.82, 2.24) is 0 Å². The van der Waals surface area contributed by atoms with Crippen molar-refractivity contribution in [1.29, 1.82) is 5.26 Å². The van der Waals surface area contributed by atoms with E-state index in [4.69, 9.17) is 4.74 Å². The first-order valence-electron chi connectivity index (χ1n) is 8.19. The highest BCUT2D eigenvalue weighted by molar-refractivity contribution is 6.12. The molecule has 1 aliphatic rings. The maximum Gasteiger partial charge on any atom is 0.145 e. The zero-order chi connectivity index (χ0) is 16.8. The molecule has 0 fully saturated rings. The summed E-state index contributed by atoms with van der Waals surface area (Å²) in [6, 6.07) is 27.0. The zero-order valence-corrected chi connectivity index (χ0v) is 13.4. The van der Waals surface area contributed by atoms with Gasteiger partial charge in [-0.2, -0.15) is 5.26 Å². The van der Waals surface area contributed by atoms with E-state index in [1.807, 2.05) is 30.3 Å². The Morgan fingerprint density at radius 1 is 0.720 bits per heavy atom. The van der Waals surface area contributed by atoms with E-state index in [-0.39, 0.29) is 0 Å². The molecule has 1 heterocycles. The van der Waals surface area contributed by atoms with Crippen LogP contribution in [0.5, 0.6) is 5.75 Å². The van der Waals surface area contributed by atoms with Crippen LogP contribution in [-0.4, -0.2) is 0 Å². The number of nitrogens with zero attached hydrogens (tertiary/aromatic N) is 1. The Morgan fingerprint density at radius 2 is 1.36 bits per heavy atom. The number of fused-ring (bicyclic) bond motifs is 7. The summed E-state index contributed by atoms with van der Waals surface area (Å²) >= 11 is 0. The SMILES string of the molecule is N#C/C=C1\Oc2ccc3ccccc3c2-c2c1ccc1ccccc21. The summed E-state index contributed by atoms with van der Waals surface area (Å²) in [4.78, 5) is 0. The molecule has 25 heavy (non-hydrogen) atoms. The van der Waals surface area contributed by atoms with Gasteiger partial charge in [0, 0.05) is 16.7 Å². The summed E-state index contributed by atoms with van der Waals surface area (Å²) in [6.45, 7) is 0. The van der Waals surface area contributed by atoms with Gasteiger partial charge in [-0.05, 0) is 33.7 Å². The smallest absolute Gasteiger partial charge is 0.145 e. The van der Waals surface area contributed by atoms with E-state index in [1.165, 1.54) is 22.2 Å². The summed E-state index contributed by atoms with van der Waals surface area (Å²) in [5.74, 6) is 1.40. The van der Waals surface area contributed by atoms with E-state index >= 15 is 0 Å². The fourth-order valence-electron chi connectivity index (χ4n) is 3.68. The standard InChI is InChI=1S/C23H13NO/c24-14-13-20-19-11-9-15-5-1-3-7-17(15)22(19)23-18-8-4-2-6-16(18)10-12-21(23)25-20/h1-13H/b20-13-. The zero-order valence-electron chi connectivity index (χ0n) is 13.4. The fraction of sp³-hybridized carbons (Fsp3) is 0.